The van der Waals surface area contributed by atoms with Gasteiger partial charge in [-0.15, -0.1) is 11.3 Å². The van der Waals surface area contributed by atoms with Crippen LogP contribution in [0.3, 0.4) is 0 Å². The van der Waals surface area contributed by atoms with Gasteiger partial charge in [0, 0.05) is 17.5 Å². The van der Waals surface area contributed by atoms with Crippen LogP contribution in [-0.2, 0) is 11.3 Å². The molecule has 0 amide bonds. The number of aliphatic hydroxyl groups excluding tert-OH is 1. The highest BCUT2D eigenvalue weighted by Crippen LogP contribution is 2.26. The molecule has 114 valence electrons. The molecule has 21 heavy (non-hydrogen) atoms. The Labute approximate surface area is 125 Å². The van der Waals surface area contributed by atoms with Crippen LogP contribution in [-0.4, -0.2) is 51.0 Å². The molecule has 1 aliphatic rings. The maximum absolute atomic E-state index is 11.1. The molecule has 3 heterocycles. The lowest BCUT2D eigenvalue weighted by Gasteiger charge is -2.35. The highest BCUT2D eigenvalue weighted by molar-refractivity contribution is 7.10. The molecule has 2 aromatic heterocycles. The van der Waals surface area contributed by atoms with E-state index < -0.39 is 6.10 Å². The summed E-state index contributed by atoms with van der Waals surface area (Å²) >= 11 is 1.55. The summed E-state index contributed by atoms with van der Waals surface area (Å²) in [5.41, 5.74) is -0.298. The molecular weight excluding hydrogens is 292 g/mol. The molecule has 1 saturated heterocycles. The Morgan fingerprint density at radius 1 is 1.62 bits per heavy atom. The third-order valence-corrected chi connectivity index (χ3v) is 4.59. The van der Waals surface area contributed by atoms with Gasteiger partial charge in [0.25, 0.3) is 0 Å². The Morgan fingerprint density at radius 2 is 2.52 bits per heavy atom. The maximum atomic E-state index is 11.1. The summed E-state index contributed by atoms with van der Waals surface area (Å²) in [6.07, 6.45) is 0.118. The van der Waals surface area contributed by atoms with E-state index in [0.717, 1.165) is 11.4 Å². The van der Waals surface area contributed by atoms with Crippen LogP contribution in [0.2, 0.25) is 0 Å². The molecule has 8 heteroatoms. The lowest BCUT2D eigenvalue weighted by atomic mass is 10.1. The van der Waals surface area contributed by atoms with Gasteiger partial charge in [0.1, 0.15) is 5.82 Å². The second-order valence-corrected chi connectivity index (χ2v) is 6.07. The summed E-state index contributed by atoms with van der Waals surface area (Å²) in [5, 5.41) is 18.6. The van der Waals surface area contributed by atoms with E-state index in [4.69, 9.17) is 4.74 Å². The minimum atomic E-state index is -0.488. The third kappa shape index (κ3) is 3.59. The van der Waals surface area contributed by atoms with E-state index in [1.54, 1.807) is 11.3 Å². The monoisotopic (exact) mass is 310 g/mol. The van der Waals surface area contributed by atoms with Crippen molar-refractivity contribution in [1.82, 2.24) is 20.1 Å². The molecule has 0 aromatic carbocycles. The molecular formula is C13H18N4O3S. The average molecular weight is 310 g/mol. The van der Waals surface area contributed by atoms with Crippen molar-refractivity contribution in [3.63, 3.8) is 0 Å². The quantitative estimate of drug-likeness (QED) is 0.747. The molecule has 3 rings (SSSR count). The number of thiophene rings is 1. The van der Waals surface area contributed by atoms with Gasteiger partial charge in [-0.05, 0) is 17.9 Å². The van der Waals surface area contributed by atoms with Crippen LogP contribution in [0.25, 0.3) is 0 Å². The molecule has 1 aliphatic heterocycles. The van der Waals surface area contributed by atoms with Crippen molar-refractivity contribution in [2.45, 2.75) is 25.1 Å². The predicted octanol–water partition coefficient (Wildman–Crippen LogP) is 0.484. The zero-order chi connectivity index (χ0) is 14.7. The summed E-state index contributed by atoms with van der Waals surface area (Å²) in [6.45, 7) is 2.54. The molecule has 7 nitrogen and oxygen atoms in total. The average Bonchev–Trinajstić information content (AvgIpc) is 3.13. The number of aromatic amines is 2. The van der Waals surface area contributed by atoms with E-state index in [1.165, 1.54) is 0 Å². The van der Waals surface area contributed by atoms with Gasteiger partial charge >= 0.3 is 5.69 Å². The van der Waals surface area contributed by atoms with Crippen molar-refractivity contribution in [3.05, 3.63) is 38.7 Å². The fraction of sp³-hybridized carbons (Fsp3) is 0.538. The third-order valence-electron chi connectivity index (χ3n) is 3.62. The molecule has 3 N–H and O–H groups in total. The first-order chi connectivity index (χ1) is 10.2. The number of nitrogens with one attached hydrogen (secondary N) is 2. The van der Waals surface area contributed by atoms with Crippen LogP contribution < -0.4 is 5.69 Å². The zero-order valence-electron chi connectivity index (χ0n) is 11.5. The minimum Gasteiger partial charge on any atom is -0.388 e. The van der Waals surface area contributed by atoms with Gasteiger partial charge in [-0.25, -0.2) is 9.89 Å². The fourth-order valence-electron chi connectivity index (χ4n) is 2.54. The first-order valence-corrected chi connectivity index (χ1v) is 7.77. The molecule has 0 spiro atoms. The highest BCUT2D eigenvalue weighted by Gasteiger charge is 2.27. The van der Waals surface area contributed by atoms with Crippen LogP contribution in [0.1, 0.15) is 23.2 Å². The van der Waals surface area contributed by atoms with Gasteiger partial charge in [-0.1, -0.05) is 6.07 Å². The largest absolute Gasteiger partial charge is 0.388 e. The second-order valence-electron chi connectivity index (χ2n) is 5.09. The fourth-order valence-corrected chi connectivity index (χ4v) is 3.27. The standard InChI is InChI=1S/C13H18N4O3S/c18-10(11-2-1-5-21-11)6-9-8-20-4-3-17(9)7-12-14-13(19)16-15-12/h1-2,5,9-10,18H,3-4,6-8H2,(H2,14,15,16,19). The molecule has 2 aromatic rings. The molecule has 0 bridgehead atoms. The van der Waals surface area contributed by atoms with E-state index in [9.17, 15) is 9.90 Å². The summed E-state index contributed by atoms with van der Waals surface area (Å²) in [5.74, 6) is 0.609. The van der Waals surface area contributed by atoms with E-state index in [-0.39, 0.29) is 11.7 Å². The number of ether oxygens (including phenoxy) is 1. The molecule has 2 atom stereocenters. The molecule has 1 fully saturated rings. The highest BCUT2D eigenvalue weighted by atomic mass is 32.1. The van der Waals surface area contributed by atoms with E-state index >= 15 is 0 Å². The predicted molar refractivity (Wildman–Crippen MR) is 78.1 cm³/mol. The van der Waals surface area contributed by atoms with Crippen LogP contribution in [0.5, 0.6) is 0 Å². The summed E-state index contributed by atoms with van der Waals surface area (Å²) in [4.78, 5) is 16.9. The van der Waals surface area contributed by atoms with Crippen molar-refractivity contribution in [1.29, 1.82) is 0 Å². The normalized spacial score (nSPS) is 21.5. The van der Waals surface area contributed by atoms with Gasteiger partial charge in [0.05, 0.1) is 25.9 Å². The SMILES string of the molecule is O=c1[nH]nc(CN2CCOCC2CC(O)c2cccs2)[nH]1. The molecule has 0 radical (unpaired) electrons. The summed E-state index contributed by atoms with van der Waals surface area (Å²) in [6, 6.07) is 3.98. The number of hydrogen-bond donors (Lipinski definition) is 3. The van der Waals surface area contributed by atoms with E-state index in [2.05, 4.69) is 20.1 Å². The van der Waals surface area contributed by atoms with E-state index in [0.29, 0.717) is 32.0 Å². The van der Waals surface area contributed by atoms with Gasteiger partial charge in [0.2, 0.25) is 0 Å². The van der Waals surface area contributed by atoms with Crippen LogP contribution in [0.4, 0.5) is 0 Å². The zero-order valence-corrected chi connectivity index (χ0v) is 12.3. The smallest absolute Gasteiger partial charge is 0.340 e. The Morgan fingerprint density at radius 3 is 3.24 bits per heavy atom. The van der Waals surface area contributed by atoms with Crippen molar-refractivity contribution in [2.24, 2.45) is 0 Å². The van der Waals surface area contributed by atoms with Crippen molar-refractivity contribution >= 4 is 11.3 Å². The molecule has 0 aliphatic carbocycles. The lowest BCUT2D eigenvalue weighted by Crippen LogP contribution is -2.45. The van der Waals surface area contributed by atoms with Crippen LogP contribution in [0, 0.1) is 0 Å². The number of aromatic nitrogens is 3. The van der Waals surface area contributed by atoms with Crippen LogP contribution >= 0.6 is 11.3 Å². The topological polar surface area (TPSA) is 94.2 Å². The van der Waals surface area contributed by atoms with Crippen molar-refractivity contribution in [3.8, 4) is 0 Å². The number of aliphatic hydroxyl groups is 1. The van der Waals surface area contributed by atoms with E-state index in [1.807, 2.05) is 17.5 Å². The molecule has 2 unspecified atom stereocenters. The van der Waals surface area contributed by atoms with Gasteiger partial charge in [0.15, 0.2) is 0 Å². The first kappa shape index (κ1) is 14.5. The number of morpholine rings is 1. The maximum Gasteiger partial charge on any atom is 0.340 e. The lowest BCUT2D eigenvalue weighted by molar-refractivity contribution is -0.0306. The first-order valence-electron chi connectivity index (χ1n) is 6.89. The minimum absolute atomic E-state index is 0.107. The summed E-state index contributed by atoms with van der Waals surface area (Å²) in [7, 11) is 0. The molecule has 0 saturated carbocycles. The summed E-state index contributed by atoms with van der Waals surface area (Å²) < 4.78 is 5.52. The van der Waals surface area contributed by atoms with Gasteiger partial charge in [-0.3, -0.25) is 9.88 Å². The number of nitrogens with zero attached hydrogens (tertiary/aromatic N) is 2. The van der Waals surface area contributed by atoms with Crippen molar-refractivity contribution < 1.29 is 9.84 Å². The number of H-pyrrole nitrogens is 2. The van der Waals surface area contributed by atoms with Crippen LogP contribution in [0.15, 0.2) is 22.3 Å². The number of rotatable bonds is 5. The Kier molecular flexibility index (Phi) is 4.49. The Bertz CT molecular complexity index is 609. The Balaban J connectivity index is 1.65. The van der Waals surface area contributed by atoms with Gasteiger partial charge < -0.3 is 9.84 Å². The van der Waals surface area contributed by atoms with Crippen molar-refractivity contribution in [2.75, 3.05) is 19.8 Å². The number of hydrogen-bond acceptors (Lipinski definition) is 6. The second kappa shape index (κ2) is 6.52. The Hall–Kier alpha value is -1.48. The van der Waals surface area contributed by atoms with Gasteiger partial charge in [-0.2, -0.15) is 5.10 Å².